The molecule has 1 atom stereocenters. The van der Waals surface area contributed by atoms with Gasteiger partial charge in [0.25, 0.3) is 0 Å². The minimum Gasteiger partial charge on any atom is -0.313 e. The van der Waals surface area contributed by atoms with Crippen LogP contribution in [0.3, 0.4) is 0 Å². The van der Waals surface area contributed by atoms with Crippen LogP contribution in [0.1, 0.15) is 58.8 Å². The van der Waals surface area contributed by atoms with Crippen LogP contribution in [0.4, 0.5) is 0 Å². The molecule has 0 bridgehead atoms. The van der Waals surface area contributed by atoms with Crippen molar-refractivity contribution in [3.8, 4) is 0 Å². The second-order valence-corrected chi connectivity index (χ2v) is 6.01. The van der Waals surface area contributed by atoms with Crippen LogP contribution < -0.4 is 5.32 Å². The van der Waals surface area contributed by atoms with Crippen molar-refractivity contribution in [3.63, 3.8) is 0 Å². The van der Waals surface area contributed by atoms with Crippen molar-refractivity contribution in [3.05, 3.63) is 0 Å². The third-order valence-corrected chi connectivity index (χ3v) is 4.69. The SMILES string of the molecule is CCCNC(CCC)CSC1CCCC1. The van der Waals surface area contributed by atoms with Gasteiger partial charge >= 0.3 is 0 Å². The van der Waals surface area contributed by atoms with Crippen molar-refractivity contribution in [1.82, 2.24) is 5.32 Å². The molecule has 1 unspecified atom stereocenters. The number of nitrogens with one attached hydrogen (secondary N) is 1. The summed E-state index contributed by atoms with van der Waals surface area (Å²) < 4.78 is 0. The molecule has 0 radical (unpaired) electrons. The molecule has 0 amide bonds. The highest BCUT2D eigenvalue weighted by atomic mass is 32.2. The molecule has 0 aliphatic heterocycles. The maximum atomic E-state index is 3.67. The van der Waals surface area contributed by atoms with Gasteiger partial charge in [0.2, 0.25) is 0 Å². The Kier molecular flexibility index (Phi) is 7.54. The van der Waals surface area contributed by atoms with Crippen LogP contribution in [0.25, 0.3) is 0 Å². The zero-order valence-electron chi connectivity index (χ0n) is 10.4. The summed E-state index contributed by atoms with van der Waals surface area (Å²) in [5.41, 5.74) is 0. The Bertz CT molecular complexity index is 143. The first-order valence-electron chi connectivity index (χ1n) is 6.71. The molecule has 1 nitrogen and oxygen atoms in total. The van der Waals surface area contributed by atoms with E-state index in [0.29, 0.717) is 0 Å². The lowest BCUT2D eigenvalue weighted by Crippen LogP contribution is -2.32. The molecule has 1 saturated carbocycles. The average Bonchev–Trinajstić information content (AvgIpc) is 2.75. The van der Waals surface area contributed by atoms with E-state index in [9.17, 15) is 0 Å². The van der Waals surface area contributed by atoms with E-state index in [-0.39, 0.29) is 0 Å². The van der Waals surface area contributed by atoms with Gasteiger partial charge in [-0.25, -0.2) is 0 Å². The highest BCUT2D eigenvalue weighted by Crippen LogP contribution is 2.30. The van der Waals surface area contributed by atoms with E-state index >= 15 is 0 Å². The summed E-state index contributed by atoms with van der Waals surface area (Å²) in [6, 6.07) is 0.764. The third-order valence-electron chi connectivity index (χ3n) is 3.16. The second-order valence-electron chi connectivity index (χ2n) is 4.68. The molecule has 1 aliphatic carbocycles. The number of rotatable bonds is 8. The van der Waals surface area contributed by atoms with Gasteiger partial charge in [-0.1, -0.05) is 33.1 Å². The molecule has 0 aromatic carbocycles. The Morgan fingerprint density at radius 3 is 2.53 bits per heavy atom. The van der Waals surface area contributed by atoms with Gasteiger partial charge < -0.3 is 5.32 Å². The molecular weight excluding hydrogens is 202 g/mol. The molecule has 2 heteroatoms. The summed E-state index contributed by atoms with van der Waals surface area (Å²) >= 11 is 2.22. The van der Waals surface area contributed by atoms with Crippen molar-refractivity contribution in [1.29, 1.82) is 0 Å². The lowest BCUT2D eigenvalue weighted by atomic mass is 10.2. The Hall–Kier alpha value is 0.310. The van der Waals surface area contributed by atoms with Crippen LogP contribution in [-0.2, 0) is 0 Å². The first-order chi connectivity index (χ1) is 7.36. The summed E-state index contributed by atoms with van der Waals surface area (Å²) in [5, 5.41) is 4.65. The summed E-state index contributed by atoms with van der Waals surface area (Å²) in [7, 11) is 0. The Balaban J connectivity index is 2.11. The van der Waals surface area contributed by atoms with E-state index in [1.807, 2.05) is 0 Å². The van der Waals surface area contributed by atoms with Gasteiger partial charge in [0.15, 0.2) is 0 Å². The molecule has 15 heavy (non-hydrogen) atoms. The van der Waals surface area contributed by atoms with E-state index in [1.165, 1.54) is 57.2 Å². The van der Waals surface area contributed by atoms with Gasteiger partial charge in [0, 0.05) is 17.0 Å². The number of thioether (sulfide) groups is 1. The smallest absolute Gasteiger partial charge is 0.0158 e. The normalized spacial score (nSPS) is 19.6. The fourth-order valence-electron chi connectivity index (χ4n) is 2.25. The fourth-order valence-corrected chi connectivity index (χ4v) is 3.70. The predicted octanol–water partition coefficient (Wildman–Crippen LogP) is 3.83. The molecule has 0 heterocycles. The van der Waals surface area contributed by atoms with E-state index in [4.69, 9.17) is 0 Å². The number of hydrogen-bond acceptors (Lipinski definition) is 2. The van der Waals surface area contributed by atoms with Crippen LogP contribution in [-0.4, -0.2) is 23.6 Å². The van der Waals surface area contributed by atoms with Crippen molar-refractivity contribution in [2.24, 2.45) is 0 Å². The van der Waals surface area contributed by atoms with Gasteiger partial charge in [-0.2, -0.15) is 11.8 Å². The molecule has 1 rings (SSSR count). The van der Waals surface area contributed by atoms with E-state index in [1.54, 1.807) is 0 Å². The third kappa shape index (κ3) is 5.82. The summed E-state index contributed by atoms with van der Waals surface area (Å²) in [4.78, 5) is 0. The first-order valence-corrected chi connectivity index (χ1v) is 7.76. The van der Waals surface area contributed by atoms with Crippen LogP contribution in [0, 0.1) is 0 Å². The van der Waals surface area contributed by atoms with Crippen molar-refractivity contribution in [2.75, 3.05) is 12.3 Å². The molecule has 1 N–H and O–H groups in total. The molecule has 90 valence electrons. The zero-order chi connectivity index (χ0) is 10.9. The predicted molar refractivity (Wildman–Crippen MR) is 71.7 cm³/mol. The van der Waals surface area contributed by atoms with Gasteiger partial charge in [-0.15, -0.1) is 0 Å². The summed E-state index contributed by atoms with van der Waals surface area (Å²) in [6.07, 6.45) is 9.80. The lowest BCUT2D eigenvalue weighted by molar-refractivity contribution is 0.514. The first kappa shape index (κ1) is 13.4. The molecule has 1 fully saturated rings. The summed E-state index contributed by atoms with van der Waals surface area (Å²) in [5.74, 6) is 1.33. The van der Waals surface area contributed by atoms with Crippen LogP contribution in [0.15, 0.2) is 0 Å². The maximum absolute atomic E-state index is 3.67. The minimum absolute atomic E-state index is 0.764. The summed E-state index contributed by atoms with van der Waals surface area (Å²) in [6.45, 7) is 5.73. The molecule has 0 aromatic heterocycles. The largest absolute Gasteiger partial charge is 0.313 e. The number of hydrogen-bond donors (Lipinski definition) is 1. The highest BCUT2D eigenvalue weighted by Gasteiger charge is 2.17. The molecule has 0 aromatic rings. The van der Waals surface area contributed by atoms with E-state index in [2.05, 4.69) is 30.9 Å². The van der Waals surface area contributed by atoms with Gasteiger partial charge in [0.1, 0.15) is 0 Å². The lowest BCUT2D eigenvalue weighted by Gasteiger charge is -2.19. The highest BCUT2D eigenvalue weighted by molar-refractivity contribution is 7.99. The Morgan fingerprint density at radius 2 is 1.93 bits per heavy atom. The van der Waals surface area contributed by atoms with Crippen LogP contribution in [0.2, 0.25) is 0 Å². The maximum Gasteiger partial charge on any atom is 0.0158 e. The van der Waals surface area contributed by atoms with Gasteiger partial charge in [-0.3, -0.25) is 0 Å². The van der Waals surface area contributed by atoms with Gasteiger partial charge in [0.05, 0.1) is 0 Å². The fraction of sp³-hybridized carbons (Fsp3) is 1.00. The quantitative estimate of drug-likeness (QED) is 0.679. The minimum atomic E-state index is 0.764. The molecule has 1 aliphatic rings. The Morgan fingerprint density at radius 1 is 1.20 bits per heavy atom. The monoisotopic (exact) mass is 229 g/mol. The molecule has 0 spiro atoms. The molecule has 0 saturated heterocycles. The zero-order valence-corrected chi connectivity index (χ0v) is 11.2. The van der Waals surface area contributed by atoms with Crippen molar-refractivity contribution >= 4 is 11.8 Å². The standard InChI is InChI=1S/C13H27NS/c1-3-7-12(14-10-4-2)11-15-13-8-5-6-9-13/h12-14H,3-11H2,1-2H3. The second kappa shape index (κ2) is 8.46. The van der Waals surface area contributed by atoms with Gasteiger partial charge in [-0.05, 0) is 32.2 Å². The topological polar surface area (TPSA) is 12.0 Å². The Labute approximate surface area is 99.8 Å². The van der Waals surface area contributed by atoms with E-state index in [0.717, 1.165) is 11.3 Å². The van der Waals surface area contributed by atoms with Crippen LogP contribution in [0.5, 0.6) is 0 Å². The average molecular weight is 229 g/mol. The van der Waals surface area contributed by atoms with Crippen LogP contribution >= 0.6 is 11.8 Å². The van der Waals surface area contributed by atoms with E-state index < -0.39 is 0 Å². The van der Waals surface area contributed by atoms with Crippen molar-refractivity contribution in [2.45, 2.75) is 70.1 Å². The van der Waals surface area contributed by atoms with Crippen molar-refractivity contribution < 1.29 is 0 Å². The molecular formula is C13H27NS.